The summed E-state index contributed by atoms with van der Waals surface area (Å²) in [6.07, 6.45) is 2.42. The van der Waals surface area contributed by atoms with Gasteiger partial charge in [0.25, 0.3) is 0 Å². The molecule has 1 heterocycles. The molecular formula is C9H19NO2. The number of unbranched alkanes of at least 4 members (excludes halogenated alkanes) is 1. The molecule has 72 valence electrons. The highest BCUT2D eigenvalue weighted by molar-refractivity contribution is 4.61. The Balaban J connectivity index is 1.91. The van der Waals surface area contributed by atoms with Crippen LogP contribution in [-0.4, -0.2) is 51.5 Å². The lowest BCUT2D eigenvalue weighted by Gasteiger charge is -2.26. The Morgan fingerprint density at radius 1 is 1.25 bits per heavy atom. The Morgan fingerprint density at radius 3 is 2.67 bits per heavy atom. The first-order valence-corrected chi connectivity index (χ1v) is 4.72. The van der Waals surface area contributed by atoms with Crippen LogP contribution in [0.25, 0.3) is 0 Å². The minimum Gasteiger partial charge on any atom is -0.385 e. The lowest BCUT2D eigenvalue weighted by Crippen LogP contribution is -2.36. The van der Waals surface area contributed by atoms with E-state index in [1.165, 1.54) is 19.4 Å². The van der Waals surface area contributed by atoms with E-state index < -0.39 is 0 Å². The van der Waals surface area contributed by atoms with Gasteiger partial charge in [-0.2, -0.15) is 0 Å². The van der Waals surface area contributed by atoms with Crippen LogP contribution in [-0.2, 0) is 9.47 Å². The van der Waals surface area contributed by atoms with Gasteiger partial charge in [-0.05, 0) is 19.4 Å². The number of hydrogen-bond donors (Lipinski definition) is 0. The number of morpholine rings is 1. The maximum absolute atomic E-state index is 5.26. The minimum atomic E-state index is 0.893. The summed E-state index contributed by atoms with van der Waals surface area (Å²) in [6.45, 7) is 6.12. The van der Waals surface area contributed by atoms with Crippen molar-refractivity contribution < 1.29 is 9.47 Å². The largest absolute Gasteiger partial charge is 0.385 e. The maximum Gasteiger partial charge on any atom is 0.0594 e. The van der Waals surface area contributed by atoms with Gasteiger partial charge in [0.1, 0.15) is 0 Å². The predicted molar refractivity (Wildman–Crippen MR) is 48.4 cm³/mol. The van der Waals surface area contributed by atoms with E-state index in [4.69, 9.17) is 9.47 Å². The van der Waals surface area contributed by atoms with Gasteiger partial charge in [-0.3, -0.25) is 4.90 Å². The molecule has 0 aromatic carbocycles. The van der Waals surface area contributed by atoms with Crippen molar-refractivity contribution in [1.29, 1.82) is 0 Å². The lowest BCUT2D eigenvalue weighted by atomic mass is 10.3. The monoisotopic (exact) mass is 173 g/mol. The fourth-order valence-electron chi connectivity index (χ4n) is 1.41. The molecular weight excluding hydrogens is 154 g/mol. The van der Waals surface area contributed by atoms with Gasteiger partial charge in [0, 0.05) is 26.8 Å². The van der Waals surface area contributed by atoms with Crippen LogP contribution >= 0.6 is 0 Å². The number of nitrogens with zero attached hydrogens (tertiary/aromatic N) is 1. The van der Waals surface area contributed by atoms with Gasteiger partial charge in [0.15, 0.2) is 0 Å². The summed E-state index contributed by atoms with van der Waals surface area (Å²) >= 11 is 0. The van der Waals surface area contributed by atoms with Gasteiger partial charge in [0.2, 0.25) is 0 Å². The molecule has 3 nitrogen and oxygen atoms in total. The zero-order chi connectivity index (χ0) is 8.65. The van der Waals surface area contributed by atoms with Gasteiger partial charge in [0.05, 0.1) is 13.2 Å². The van der Waals surface area contributed by atoms with E-state index in [0.717, 1.165) is 32.9 Å². The molecule has 0 bridgehead atoms. The van der Waals surface area contributed by atoms with Crippen LogP contribution in [0, 0.1) is 0 Å². The minimum absolute atomic E-state index is 0.893. The van der Waals surface area contributed by atoms with Crippen molar-refractivity contribution in [3.63, 3.8) is 0 Å². The maximum atomic E-state index is 5.26. The molecule has 12 heavy (non-hydrogen) atoms. The standard InChI is InChI=1S/C9H19NO2/c1-11-7-3-2-4-10-5-8-12-9-6-10/h2-9H2,1H3. The molecule has 1 aliphatic heterocycles. The van der Waals surface area contributed by atoms with Crippen molar-refractivity contribution in [2.75, 3.05) is 46.6 Å². The van der Waals surface area contributed by atoms with Crippen LogP contribution in [0.4, 0.5) is 0 Å². The Labute approximate surface area is 74.6 Å². The number of rotatable bonds is 5. The molecule has 1 saturated heterocycles. The van der Waals surface area contributed by atoms with Crippen LogP contribution < -0.4 is 0 Å². The SMILES string of the molecule is COCCCCN1CCOCC1. The number of hydrogen-bond acceptors (Lipinski definition) is 3. The summed E-state index contributed by atoms with van der Waals surface area (Å²) in [5.74, 6) is 0. The summed E-state index contributed by atoms with van der Waals surface area (Å²) in [5, 5.41) is 0. The molecule has 0 N–H and O–H groups in total. The number of methoxy groups -OCH3 is 1. The average molecular weight is 173 g/mol. The van der Waals surface area contributed by atoms with Gasteiger partial charge in [-0.25, -0.2) is 0 Å². The zero-order valence-corrected chi connectivity index (χ0v) is 7.92. The van der Waals surface area contributed by atoms with Crippen LogP contribution in [0.3, 0.4) is 0 Å². The second-order valence-electron chi connectivity index (χ2n) is 3.15. The first kappa shape index (κ1) is 9.96. The van der Waals surface area contributed by atoms with E-state index >= 15 is 0 Å². The van der Waals surface area contributed by atoms with Crippen LogP contribution in [0.5, 0.6) is 0 Å². The van der Waals surface area contributed by atoms with Crippen molar-refractivity contribution in [3.8, 4) is 0 Å². The molecule has 3 heteroatoms. The summed E-state index contributed by atoms with van der Waals surface area (Å²) in [5.41, 5.74) is 0. The summed E-state index contributed by atoms with van der Waals surface area (Å²) in [4.78, 5) is 2.46. The van der Waals surface area contributed by atoms with Gasteiger partial charge < -0.3 is 9.47 Å². The van der Waals surface area contributed by atoms with Crippen LogP contribution in [0.2, 0.25) is 0 Å². The fourth-order valence-corrected chi connectivity index (χ4v) is 1.41. The van der Waals surface area contributed by atoms with E-state index in [2.05, 4.69) is 4.90 Å². The molecule has 0 unspecified atom stereocenters. The molecule has 1 fully saturated rings. The van der Waals surface area contributed by atoms with Crippen molar-refractivity contribution in [2.45, 2.75) is 12.8 Å². The van der Waals surface area contributed by atoms with Crippen molar-refractivity contribution >= 4 is 0 Å². The lowest BCUT2D eigenvalue weighted by molar-refractivity contribution is 0.0363. The van der Waals surface area contributed by atoms with Crippen LogP contribution in [0.1, 0.15) is 12.8 Å². The molecule has 1 aliphatic rings. The average Bonchev–Trinajstić information content (AvgIpc) is 2.14. The van der Waals surface area contributed by atoms with E-state index in [1.54, 1.807) is 7.11 Å². The van der Waals surface area contributed by atoms with Crippen molar-refractivity contribution in [2.24, 2.45) is 0 Å². The van der Waals surface area contributed by atoms with Crippen LogP contribution in [0.15, 0.2) is 0 Å². The van der Waals surface area contributed by atoms with E-state index in [1.807, 2.05) is 0 Å². The zero-order valence-electron chi connectivity index (χ0n) is 7.92. The van der Waals surface area contributed by atoms with Crippen molar-refractivity contribution in [3.05, 3.63) is 0 Å². The van der Waals surface area contributed by atoms with Gasteiger partial charge in [-0.1, -0.05) is 0 Å². The Morgan fingerprint density at radius 2 is 2.00 bits per heavy atom. The summed E-state index contributed by atoms with van der Waals surface area (Å²) in [7, 11) is 1.76. The Hall–Kier alpha value is -0.120. The van der Waals surface area contributed by atoms with Gasteiger partial charge >= 0.3 is 0 Å². The molecule has 0 aromatic heterocycles. The topological polar surface area (TPSA) is 21.7 Å². The molecule has 0 radical (unpaired) electrons. The van der Waals surface area contributed by atoms with Crippen molar-refractivity contribution in [1.82, 2.24) is 4.90 Å². The normalized spacial score (nSPS) is 19.8. The van der Waals surface area contributed by atoms with E-state index in [-0.39, 0.29) is 0 Å². The predicted octanol–water partition coefficient (Wildman–Crippen LogP) is 0.745. The third kappa shape index (κ3) is 4.04. The molecule has 0 aromatic rings. The summed E-state index contributed by atoms with van der Waals surface area (Å²) in [6, 6.07) is 0. The Bertz CT molecular complexity index is 103. The second kappa shape index (κ2) is 6.40. The highest BCUT2D eigenvalue weighted by Crippen LogP contribution is 1.99. The highest BCUT2D eigenvalue weighted by atomic mass is 16.5. The molecule has 1 rings (SSSR count). The van der Waals surface area contributed by atoms with E-state index in [0.29, 0.717) is 0 Å². The van der Waals surface area contributed by atoms with Gasteiger partial charge in [-0.15, -0.1) is 0 Å². The fraction of sp³-hybridized carbons (Fsp3) is 1.00. The molecule has 0 spiro atoms. The third-order valence-electron chi connectivity index (χ3n) is 2.18. The molecule has 0 saturated carbocycles. The molecule has 0 atom stereocenters. The number of ether oxygens (including phenoxy) is 2. The Kier molecular flexibility index (Phi) is 5.32. The smallest absolute Gasteiger partial charge is 0.0594 e. The van der Waals surface area contributed by atoms with E-state index in [9.17, 15) is 0 Å². The quantitative estimate of drug-likeness (QED) is 0.572. The summed E-state index contributed by atoms with van der Waals surface area (Å²) < 4.78 is 10.2. The first-order valence-electron chi connectivity index (χ1n) is 4.72. The third-order valence-corrected chi connectivity index (χ3v) is 2.18. The second-order valence-corrected chi connectivity index (χ2v) is 3.15. The molecule has 0 aliphatic carbocycles. The first-order chi connectivity index (χ1) is 5.93. The highest BCUT2D eigenvalue weighted by Gasteiger charge is 2.08. The molecule has 0 amide bonds.